The largest absolute Gasteiger partial charge is 0.493 e. The molecule has 1 aliphatic heterocycles. The Morgan fingerprint density at radius 2 is 2.26 bits per heavy atom. The maximum absolute atomic E-state index is 5.77. The van der Waals surface area contributed by atoms with Gasteiger partial charge in [0.1, 0.15) is 10.8 Å². The molecule has 0 spiro atoms. The highest BCUT2D eigenvalue weighted by Gasteiger charge is 2.27. The van der Waals surface area contributed by atoms with Crippen LogP contribution in [-0.2, 0) is 6.54 Å². The van der Waals surface area contributed by atoms with E-state index in [0.717, 1.165) is 29.6 Å². The van der Waals surface area contributed by atoms with Crippen LogP contribution in [0.15, 0.2) is 29.6 Å². The molecule has 3 rings (SSSR count). The molecule has 0 aliphatic carbocycles. The van der Waals surface area contributed by atoms with Crippen LogP contribution in [-0.4, -0.2) is 11.6 Å². The van der Waals surface area contributed by atoms with E-state index in [9.17, 15) is 0 Å². The number of nitrogens with zero attached hydrogens (tertiary/aromatic N) is 1. The standard InChI is InChI=1S/C15H18N2OS/c1-10-8-18-13-6-4-3-5-12(13)15(10)16-7-14-17-11(2)9-19-14/h3-6,9-10,15-16H,7-8H2,1-2H3. The molecule has 19 heavy (non-hydrogen) atoms. The number of benzene rings is 1. The van der Waals surface area contributed by atoms with E-state index in [4.69, 9.17) is 4.74 Å². The van der Waals surface area contributed by atoms with Crippen molar-refractivity contribution in [3.63, 3.8) is 0 Å². The van der Waals surface area contributed by atoms with Crippen molar-refractivity contribution in [3.8, 4) is 5.75 Å². The van der Waals surface area contributed by atoms with Crippen LogP contribution >= 0.6 is 11.3 Å². The zero-order valence-corrected chi connectivity index (χ0v) is 12.0. The molecule has 1 aromatic carbocycles. The normalized spacial score (nSPS) is 21.8. The Morgan fingerprint density at radius 1 is 1.42 bits per heavy atom. The van der Waals surface area contributed by atoms with Crippen LogP contribution < -0.4 is 10.1 Å². The van der Waals surface area contributed by atoms with Crippen LogP contribution in [0, 0.1) is 12.8 Å². The first-order valence-electron chi connectivity index (χ1n) is 6.60. The summed E-state index contributed by atoms with van der Waals surface area (Å²) in [4.78, 5) is 4.50. The van der Waals surface area contributed by atoms with Gasteiger partial charge in [-0.1, -0.05) is 25.1 Å². The molecule has 0 saturated heterocycles. The van der Waals surface area contributed by atoms with Gasteiger partial charge in [-0.2, -0.15) is 0 Å². The van der Waals surface area contributed by atoms with Crippen LogP contribution in [0.4, 0.5) is 0 Å². The second-order valence-electron chi connectivity index (χ2n) is 5.07. The molecule has 0 radical (unpaired) electrons. The summed E-state index contributed by atoms with van der Waals surface area (Å²) in [6.45, 7) is 5.85. The lowest BCUT2D eigenvalue weighted by Gasteiger charge is -2.32. The topological polar surface area (TPSA) is 34.1 Å². The summed E-state index contributed by atoms with van der Waals surface area (Å²) in [7, 11) is 0. The number of rotatable bonds is 3. The van der Waals surface area contributed by atoms with Crippen LogP contribution in [0.5, 0.6) is 5.75 Å². The third-order valence-corrected chi connectivity index (χ3v) is 4.43. The average Bonchev–Trinajstić information content (AvgIpc) is 2.83. The monoisotopic (exact) mass is 274 g/mol. The summed E-state index contributed by atoms with van der Waals surface area (Å²) in [5.74, 6) is 1.48. The number of fused-ring (bicyclic) bond motifs is 1. The average molecular weight is 274 g/mol. The molecular formula is C15H18N2OS. The number of para-hydroxylation sites is 1. The van der Waals surface area contributed by atoms with Gasteiger partial charge in [0, 0.05) is 35.1 Å². The molecule has 1 N–H and O–H groups in total. The van der Waals surface area contributed by atoms with Crippen molar-refractivity contribution >= 4 is 11.3 Å². The lowest BCUT2D eigenvalue weighted by atomic mass is 9.92. The molecule has 0 bridgehead atoms. The minimum atomic E-state index is 0.342. The van der Waals surface area contributed by atoms with Crippen LogP contribution in [0.25, 0.3) is 0 Å². The summed E-state index contributed by atoms with van der Waals surface area (Å²) in [5, 5.41) is 6.87. The SMILES string of the molecule is Cc1csc(CNC2c3ccccc3OCC2C)n1. The smallest absolute Gasteiger partial charge is 0.124 e. The van der Waals surface area contributed by atoms with Crippen molar-refractivity contribution in [2.45, 2.75) is 26.4 Å². The van der Waals surface area contributed by atoms with E-state index in [1.165, 1.54) is 5.56 Å². The van der Waals surface area contributed by atoms with E-state index in [-0.39, 0.29) is 0 Å². The van der Waals surface area contributed by atoms with Gasteiger partial charge >= 0.3 is 0 Å². The fourth-order valence-corrected chi connectivity index (χ4v) is 3.21. The Kier molecular flexibility index (Phi) is 3.53. The molecule has 0 fully saturated rings. The van der Waals surface area contributed by atoms with Gasteiger partial charge in [-0.25, -0.2) is 4.98 Å². The van der Waals surface area contributed by atoms with Gasteiger partial charge in [-0.3, -0.25) is 0 Å². The lowest BCUT2D eigenvalue weighted by molar-refractivity contribution is 0.188. The van der Waals surface area contributed by atoms with Crippen LogP contribution in [0.3, 0.4) is 0 Å². The molecule has 4 heteroatoms. The van der Waals surface area contributed by atoms with Crippen molar-refractivity contribution in [2.24, 2.45) is 5.92 Å². The summed E-state index contributed by atoms with van der Waals surface area (Å²) in [5.41, 5.74) is 2.36. The van der Waals surface area contributed by atoms with Gasteiger partial charge in [-0.15, -0.1) is 11.3 Å². The fourth-order valence-electron chi connectivity index (χ4n) is 2.49. The molecular weight excluding hydrogens is 256 g/mol. The van der Waals surface area contributed by atoms with Crippen molar-refractivity contribution in [1.29, 1.82) is 0 Å². The number of thiazole rings is 1. The van der Waals surface area contributed by atoms with Crippen molar-refractivity contribution < 1.29 is 4.74 Å². The molecule has 0 saturated carbocycles. The zero-order chi connectivity index (χ0) is 13.2. The summed E-state index contributed by atoms with van der Waals surface area (Å²) in [6, 6.07) is 8.63. The number of hydrogen-bond donors (Lipinski definition) is 1. The number of hydrogen-bond acceptors (Lipinski definition) is 4. The predicted molar refractivity (Wildman–Crippen MR) is 77.5 cm³/mol. The minimum Gasteiger partial charge on any atom is -0.493 e. The molecule has 2 atom stereocenters. The maximum atomic E-state index is 5.77. The Balaban J connectivity index is 1.76. The fraction of sp³-hybridized carbons (Fsp3) is 0.400. The van der Waals surface area contributed by atoms with Crippen molar-refractivity contribution in [3.05, 3.63) is 45.9 Å². The Bertz CT molecular complexity index is 567. The molecule has 0 amide bonds. The number of ether oxygens (including phenoxy) is 1. The second-order valence-corrected chi connectivity index (χ2v) is 6.01. The number of aryl methyl sites for hydroxylation is 1. The summed E-state index contributed by atoms with van der Waals surface area (Å²) >= 11 is 1.72. The number of nitrogens with one attached hydrogen (secondary N) is 1. The first-order chi connectivity index (χ1) is 9.24. The summed E-state index contributed by atoms with van der Waals surface area (Å²) in [6.07, 6.45) is 0. The third-order valence-electron chi connectivity index (χ3n) is 3.46. The second kappa shape index (κ2) is 5.31. The van der Waals surface area contributed by atoms with E-state index in [1.807, 2.05) is 19.1 Å². The highest BCUT2D eigenvalue weighted by Crippen LogP contribution is 2.35. The lowest BCUT2D eigenvalue weighted by Crippen LogP contribution is -2.33. The van der Waals surface area contributed by atoms with E-state index >= 15 is 0 Å². The van der Waals surface area contributed by atoms with Crippen molar-refractivity contribution in [1.82, 2.24) is 10.3 Å². The van der Waals surface area contributed by atoms with E-state index in [1.54, 1.807) is 11.3 Å². The molecule has 2 aromatic rings. The van der Waals surface area contributed by atoms with Gasteiger partial charge in [0.2, 0.25) is 0 Å². The first kappa shape index (κ1) is 12.6. The molecule has 2 unspecified atom stereocenters. The molecule has 1 aromatic heterocycles. The first-order valence-corrected chi connectivity index (χ1v) is 7.48. The number of aromatic nitrogens is 1. The van der Waals surface area contributed by atoms with Gasteiger partial charge < -0.3 is 10.1 Å². The highest BCUT2D eigenvalue weighted by atomic mass is 32.1. The predicted octanol–water partition coefficient (Wildman–Crippen LogP) is 3.31. The van der Waals surface area contributed by atoms with Gasteiger partial charge in [0.05, 0.1) is 6.61 Å². The minimum absolute atomic E-state index is 0.342. The molecule has 3 nitrogen and oxygen atoms in total. The highest BCUT2D eigenvalue weighted by molar-refractivity contribution is 7.09. The van der Waals surface area contributed by atoms with Gasteiger partial charge in [-0.05, 0) is 13.0 Å². The zero-order valence-electron chi connectivity index (χ0n) is 11.2. The van der Waals surface area contributed by atoms with Gasteiger partial charge in [0.25, 0.3) is 0 Å². The van der Waals surface area contributed by atoms with Gasteiger partial charge in [0.15, 0.2) is 0 Å². The Labute approximate surface area is 117 Å². The molecule has 1 aliphatic rings. The van der Waals surface area contributed by atoms with Crippen molar-refractivity contribution in [2.75, 3.05) is 6.61 Å². The Morgan fingerprint density at radius 3 is 3.05 bits per heavy atom. The summed E-state index contributed by atoms with van der Waals surface area (Å²) < 4.78 is 5.77. The molecule has 100 valence electrons. The third kappa shape index (κ3) is 2.65. The maximum Gasteiger partial charge on any atom is 0.124 e. The molecule has 2 heterocycles. The van der Waals surface area contributed by atoms with E-state index < -0.39 is 0 Å². The van der Waals surface area contributed by atoms with Crippen LogP contribution in [0.1, 0.15) is 29.2 Å². The quantitative estimate of drug-likeness (QED) is 0.932. The van der Waals surface area contributed by atoms with E-state index in [0.29, 0.717) is 12.0 Å². The van der Waals surface area contributed by atoms with E-state index in [2.05, 4.69) is 34.7 Å². The van der Waals surface area contributed by atoms with Crippen LogP contribution in [0.2, 0.25) is 0 Å². The Hall–Kier alpha value is -1.39.